The van der Waals surface area contributed by atoms with E-state index in [1.54, 1.807) is 0 Å². The molecule has 160 valence electrons. The summed E-state index contributed by atoms with van der Waals surface area (Å²) >= 11 is 0. The number of H-pyrrole nitrogens is 2. The summed E-state index contributed by atoms with van der Waals surface area (Å²) in [5, 5.41) is 7.41. The molecule has 4 nitrogen and oxygen atoms in total. The Hall–Kier alpha value is -4.70. The number of nitrogens with one attached hydrogen (secondary N) is 2. The van der Waals surface area contributed by atoms with Gasteiger partial charge in [-0.2, -0.15) is 0 Å². The molecule has 4 heteroatoms. The number of rotatable bonds is 0. The van der Waals surface area contributed by atoms with Crippen LogP contribution in [0.15, 0.2) is 109 Å². The van der Waals surface area contributed by atoms with E-state index < -0.39 is 0 Å². The Labute approximate surface area is 194 Å². The van der Waals surface area contributed by atoms with Crippen LogP contribution in [0.4, 0.5) is 0 Å². The molecule has 0 aliphatic rings. The van der Waals surface area contributed by atoms with Gasteiger partial charge in [0, 0.05) is 33.9 Å². The Morgan fingerprint density at radius 2 is 0.882 bits per heavy atom. The van der Waals surface area contributed by atoms with Crippen LogP contribution in [-0.4, -0.2) is 19.9 Å². The fourth-order valence-electron chi connectivity index (χ4n) is 4.92. The normalized spacial score (nSPS) is 11.5. The number of hydrogen-bond donors (Lipinski definition) is 2. The minimum Gasteiger partial charge on any atom is -0.353 e. The Balaban J connectivity index is 0.000000118. The van der Waals surface area contributed by atoms with Crippen molar-refractivity contribution >= 4 is 65.4 Å². The molecular formula is C30H20N4. The van der Waals surface area contributed by atoms with E-state index in [9.17, 15) is 0 Å². The van der Waals surface area contributed by atoms with Crippen LogP contribution >= 0.6 is 0 Å². The maximum absolute atomic E-state index is 4.44. The lowest BCUT2D eigenvalue weighted by atomic mass is 10.1. The van der Waals surface area contributed by atoms with Crippen molar-refractivity contribution in [1.29, 1.82) is 0 Å². The molecule has 0 atom stereocenters. The van der Waals surface area contributed by atoms with Crippen LogP contribution in [0.1, 0.15) is 0 Å². The van der Waals surface area contributed by atoms with Gasteiger partial charge >= 0.3 is 0 Å². The summed E-state index contributed by atoms with van der Waals surface area (Å²) in [4.78, 5) is 15.8. The van der Waals surface area contributed by atoms with Gasteiger partial charge < -0.3 is 9.97 Å². The molecule has 0 spiro atoms. The number of aromatic nitrogens is 4. The first kappa shape index (κ1) is 18.8. The molecule has 2 N–H and O–H groups in total. The van der Waals surface area contributed by atoms with E-state index in [1.807, 2.05) is 24.5 Å². The van der Waals surface area contributed by atoms with Crippen molar-refractivity contribution in [3.63, 3.8) is 0 Å². The lowest BCUT2D eigenvalue weighted by Crippen LogP contribution is -1.74. The van der Waals surface area contributed by atoms with Crippen LogP contribution in [0.3, 0.4) is 0 Å². The fraction of sp³-hybridized carbons (Fsp3) is 0. The summed E-state index contributed by atoms with van der Waals surface area (Å²) in [6.45, 7) is 0. The summed E-state index contributed by atoms with van der Waals surface area (Å²) in [7, 11) is 0. The van der Waals surface area contributed by atoms with E-state index in [4.69, 9.17) is 0 Å². The third-order valence-corrected chi connectivity index (χ3v) is 6.50. The van der Waals surface area contributed by atoms with E-state index in [2.05, 4.69) is 105 Å². The highest BCUT2D eigenvalue weighted by Crippen LogP contribution is 2.30. The first-order valence-corrected chi connectivity index (χ1v) is 11.4. The standard InChI is InChI=1S/2C15H10N2/c2*1-2-5-11-10(4-1)7-8-12-14(11)17-13-6-3-9-16-15(12)13/h2*1-9,17H. The lowest BCUT2D eigenvalue weighted by Gasteiger charge is -1.98. The summed E-state index contributed by atoms with van der Waals surface area (Å²) in [5.74, 6) is 0. The quantitative estimate of drug-likeness (QED) is 0.255. The average Bonchev–Trinajstić information content (AvgIpc) is 3.48. The summed E-state index contributed by atoms with van der Waals surface area (Å²) in [5.41, 5.74) is 6.65. The highest BCUT2D eigenvalue weighted by molar-refractivity contribution is 6.16. The molecule has 0 saturated heterocycles. The van der Waals surface area contributed by atoms with Crippen LogP contribution in [0.2, 0.25) is 0 Å². The molecule has 34 heavy (non-hydrogen) atoms. The molecule has 0 bridgehead atoms. The third kappa shape index (κ3) is 2.86. The van der Waals surface area contributed by atoms with Gasteiger partial charge in [0.25, 0.3) is 0 Å². The second kappa shape index (κ2) is 7.42. The zero-order valence-electron chi connectivity index (χ0n) is 18.3. The zero-order chi connectivity index (χ0) is 22.5. The summed E-state index contributed by atoms with van der Waals surface area (Å²) in [6, 6.07) is 33.5. The van der Waals surface area contributed by atoms with Crippen molar-refractivity contribution in [2.45, 2.75) is 0 Å². The number of pyridine rings is 2. The van der Waals surface area contributed by atoms with E-state index in [1.165, 1.54) is 43.4 Å². The number of fused-ring (bicyclic) bond motifs is 10. The first-order valence-electron chi connectivity index (χ1n) is 11.4. The minimum atomic E-state index is 1.05. The largest absolute Gasteiger partial charge is 0.353 e. The third-order valence-electron chi connectivity index (χ3n) is 6.50. The molecule has 0 aliphatic heterocycles. The van der Waals surface area contributed by atoms with Gasteiger partial charge in [0.1, 0.15) is 0 Å². The fourth-order valence-corrected chi connectivity index (χ4v) is 4.92. The molecule has 4 aromatic carbocycles. The van der Waals surface area contributed by atoms with E-state index in [0.29, 0.717) is 0 Å². The van der Waals surface area contributed by atoms with Gasteiger partial charge in [-0.3, -0.25) is 9.97 Å². The molecule has 0 amide bonds. The minimum absolute atomic E-state index is 1.05. The number of benzene rings is 4. The van der Waals surface area contributed by atoms with Crippen molar-refractivity contribution in [2.24, 2.45) is 0 Å². The number of aromatic amines is 2. The molecule has 0 unspecified atom stereocenters. The Bertz CT molecular complexity index is 1830. The van der Waals surface area contributed by atoms with Crippen molar-refractivity contribution in [3.05, 3.63) is 109 Å². The van der Waals surface area contributed by atoms with Crippen LogP contribution in [0.25, 0.3) is 65.4 Å². The van der Waals surface area contributed by atoms with Crippen molar-refractivity contribution < 1.29 is 0 Å². The van der Waals surface area contributed by atoms with Gasteiger partial charge in [-0.25, -0.2) is 0 Å². The lowest BCUT2D eigenvalue weighted by molar-refractivity contribution is 1.42. The Kier molecular flexibility index (Phi) is 4.11. The molecule has 0 radical (unpaired) electrons. The van der Waals surface area contributed by atoms with Gasteiger partial charge in [0.05, 0.1) is 33.1 Å². The van der Waals surface area contributed by atoms with Gasteiger partial charge in [-0.1, -0.05) is 60.7 Å². The first-order chi connectivity index (χ1) is 16.9. The van der Waals surface area contributed by atoms with E-state index in [-0.39, 0.29) is 0 Å². The molecule has 0 fully saturated rings. The Morgan fingerprint density at radius 1 is 0.412 bits per heavy atom. The molecule has 8 rings (SSSR count). The van der Waals surface area contributed by atoms with Gasteiger partial charge in [0.15, 0.2) is 0 Å². The smallest absolute Gasteiger partial charge is 0.0957 e. The topological polar surface area (TPSA) is 57.4 Å². The summed E-state index contributed by atoms with van der Waals surface area (Å²) < 4.78 is 0. The van der Waals surface area contributed by atoms with Crippen molar-refractivity contribution in [2.75, 3.05) is 0 Å². The van der Waals surface area contributed by atoms with Crippen LogP contribution in [0.5, 0.6) is 0 Å². The molecule has 4 heterocycles. The molecule has 4 aromatic heterocycles. The highest BCUT2D eigenvalue weighted by Gasteiger charge is 2.08. The number of nitrogens with zero attached hydrogens (tertiary/aromatic N) is 2. The predicted molar refractivity (Wildman–Crippen MR) is 142 cm³/mol. The van der Waals surface area contributed by atoms with E-state index in [0.717, 1.165) is 22.1 Å². The molecule has 0 saturated carbocycles. The summed E-state index contributed by atoms with van der Waals surface area (Å²) in [6.07, 6.45) is 3.68. The van der Waals surface area contributed by atoms with Crippen molar-refractivity contribution in [3.8, 4) is 0 Å². The van der Waals surface area contributed by atoms with Gasteiger partial charge in [0.2, 0.25) is 0 Å². The van der Waals surface area contributed by atoms with Crippen LogP contribution in [-0.2, 0) is 0 Å². The second-order valence-electron chi connectivity index (χ2n) is 8.47. The second-order valence-corrected chi connectivity index (χ2v) is 8.47. The maximum Gasteiger partial charge on any atom is 0.0957 e. The zero-order valence-corrected chi connectivity index (χ0v) is 18.3. The SMILES string of the molecule is c1ccc2c(c1)ccc1c3ncccc3[nH]c21.c1ccc2c(c1)ccc1c3ncccc3[nH]c21. The molecule has 0 aliphatic carbocycles. The molecular weight excluding hydrogens is 416 g/mol. The maximum atomic E-state index is 4.44. The van der Waals surface area contributed by atoms with Crippen molar-refractivity contribution in [1.82, 2.24) is 19.9 Å². The van der Waals surface area contributed by atoms with Crippen LogP contribution < -0.4 is 0 Å². The highest BCUT2D eigenvalue weighted by atomic mass is 14.8. The van der Waals surface area contributed by atoms with E-state index >= 15 is 0 Å². The van der Waals surface area contributed by atoms with Crippen LogP contribution in [0, 0.1) is 0 Å². The Morgan fingerprint density at radius 3 is 1.38 bits per heavy atom. The monoisotopic (exact) mass is 436 g/mol. The molecule has 8 aromatic rings. The predicted octanol–water partition coefficient (Wildman–Crippen LogP) is 7.74. The van der Waals surface area contributed by atoms with Gasteiger partial charge in [-0.05, 0) is 47.2 Å². The van der Waals surface area contributed by atoms with Gasteiger partial charge in [-0.15, -0.1) is 0 Å². The number of hydrogen-bond acceptors (Lipinski definition) is 2. The average molecular weight is 437 g/mol.